The lowest BCUT2D eigenvalue weighted by Gasteiger charge is -2.13. The first-order valence-corrected chi connectivity index (χ1v) is 9.58. The molecule has 3 aromatic rings. The van der Waals surface area contributed by atoms with Crippen molar-refractivity contribution < 1.29 is 9.18 Å². The lowest BCUT2D eigenvalue weighted by molar-refractivity contribution is 0.102. The Hall–Kier alpha value is -3.39. The lowest BCUT2D eigenvalue weighted by atomic mass is 9.98. The maximum atomic E-state index is 13.6. The molecule has 0 radical (unpaired) electrons. The van der Waals surface area contributed by atoms with Crippen molar-refractivity contribution in [1.29, 1.82) is 0 Å². The van der Waals surface area contributed by atoms with Gasteiger partial charge in [0.1, 0.15) is 5.82 Å². The van der Waals surface area contributed by atoms with Crippen molar-refractivity contribution in [3.8, 4) is 11.3 Å². The van der Waals surface area contributed by atoms with E-state index in [4.69, 9.17) is 11.6 Å². The summed E-state index contributed by atoms with van der Waals surface area (Å²) in [5.74, 6) is -0.631. The molecule has 1 atom stereocenters. The third-order valence-electron chi connectivity index (χ3n) is 4.89. The van der Waals surface area contributed by atoms with Crippen LogP contribution in [0.25, 0.3) is 11.3 Å². The Morgan fingerprint density at radius 3 is 2.77 bits per heavy atom. The number of benzene rings is 1. The maximum absolute atomic E-state index is 13.6. The average Bonchev–Trinajstić information content (AvgIpc) is 3.17. The largest absolute Gasteiger partial charge is 0.305 e. The number of nitrogens with one attached hydrogen (secondary N) is 1. The number of likely N-dealkylation sites (N-methyl/N-ethyl adjacent to an activating group) is 1. The molecule has 3 heterocycles. The third kappa shape index (κ3) is 3.99. The molecule has 0 saturated carbocycles. The van der Waals surface area contributed by atoms with Gasteiger partial charge in [0, 0.05) is 43.0 Å². The molecule has 0 saturated heterocycles. The fraction of sp³-hybridized carbons (Fsp3) is 0.190. The van der Waals surface area contributed by atoms with Gasteiger partial charge in [-0.1, -0.05) is 17.7 Å². The van der Waals surface area contributed by atoms with Crippen molar-refractivity contribution in [3.05, 3.63) is 70.5 Å². The molecule has 1 amide bonds. The summed E-state index contributed by atoms with van der Waals surface area (Å²) in [4.78, 5) is 24.7. The molecule has 30 heavy (non-hydrogen) atoms. The highest BCUT2D eigenvalue weighted by molar-refractivity contribution is 6.33. The van der Waals surface area contributed by atoms with Crippen LogP contribution >= 0.6 is 11.6 Å². The molecule has 1 aliphatic heterocycles. The number of pyridine rings is 1. The Morgan fingerprint density at radius 1 is 1.23 bits per heavy atom. The second-order valence-electron chi connectivity index (χ2n) is 6.99. The Labute approximate surface area is 177 Å². The summed E-state index contributed by atoms with van der Waals surface area (Å²) in [5, 5.41) is 9.31. The van der Waals surface area contributed by atoms with Crippen LogP contribution in [0.3, 0.4) is 0 Å². The van der Waals surface area contributed by atoms with Crippen molar-refractivity contribution in [3.63, 3.8) is 0 Å². The van der Waals surface area contributed by atoms with E-state index in [2.05, 4.69) is 25.4 Å². The number of carbonyl (C=O) groups is 1. The Morgan fingerprint density at radius 2 is 2.07 bits per heavy atom. The zero-order valence-electron chi connectivity index (χ0n) is 16.3. The Kier molecular flexibility index (Phi) is 5.41. The monoisotopic (exact) mass is 424 g/mol. The summed E-state index contributed by atoms with van der Waals surface area (Å²) in [6, 6.07) is 5.77. The molecule has 7 nitrogen and oxygen atoms in total. The minimum Gasteiger partial charge on any atom is -0.305 e. The zero-order chi connectivity index (χ0) is 21.3. The predicted octanol–water partition coefficient (Wildman–Crippen LogP) is 3.91. The SMILES string of the molecule is Cc1c(F)cncc1C(=O)Nc1cnc(-c2cc(C3C=NN(C)C3)ccc2Cl)cn1. The Balaban J connectivity index is 1.54. The van der Waals surface area contributed by atoms with Gasteiger partial charge in [-0.2, -0.15) is 5.10 Å². The van der Waals surface area contributed by atoms with E-state index in [0.29, 0.717) is 10.7 Å². The quantitative estimate of drug-likeness (QED) is 0.686. The smallest absolute Gasteiger partial charge is 0.258 e. The van der Waals surface area contributed by atoms with Gasteiger partial charge in [-0.15, -0.1) is 0 Å². The molecule has 0 aliphatic carbocycles. The van der Waals surface area contributed by atoms with Crippen molar-refractivity contribution >= 4 is 29.5 Å². The number of rotatable bonds is 4. The van der Waals surface area contributed by atoms with E-state index in [1.807, 2.05) is 36.5 Å². The number of anilines is 1. The maximum Gasteiger partial charge on any atom is 0.258 e. The van der Waals surface area contributed by atoms with E-state index < -0.39 is 11.7 Å². The number of halogens is 2. The molecule has 0 fully saturated rings. The first-order chi connectivity index (χ1) is 14.4. The Bertz CT molecular complexity index is 1130. The summed E-state index contributed by atoms with van der Waals surface area (Å²) in [6.07, 6.45) is 7.24. The molecule has 1 unspecified atom stereocenters. The minimum atomic E-state index is -0.544. The molecule has 1 N–H and O–H groups in total. The van der Waals surface area contributed by atoms with Crippen LogP contribution in [0.4, 0.5) is 10.2 Å². The van der Waals surface area contributed by atoms with Crippen LogP contribution in [-0.2, 0) is 0 Å². The van der Waals surface area contributed by atoms with Crippen molar-refractivity contribution in [2.45, 2.75) is 12.8 Å². The molecule has 2 aromatic heterocycles. The number of hydrogen-bond acceptors (Lipinski definition) is 6. The van der Waals surface area contributed by atoms with E-state index in [0.717, 1.165) is 23.9 Å². The van der Waals surface area contributed by atoms with Gasteiger partial charge < -0.3 is 5.32 Å². The fourth-order valence-corrected chi connectivity index (χ4v) is 3.39. The molecular formula is C21H18ClFN6O. The number of carbonyl (C=O) groups excluding carboxylic acids is 1. The molecule has 4 rings (SSSR count). The lowest BCUT2D eigenvalue weighted by Crippen LogP contribution is -2.15. The molecule has 9 heteroatoms. The highest BCUT2D eigenvalue weighted by Crippen LogP contribution is 2.31. The molecule has 152 valence electrons. The van der Waals surface area contributed by atoms with Gasteiger partial charge in [0.05, 0.1) is 34.9 Å². The number of hydrazone groups is 1. The molecular weight excluding hydrogens is 407 g/mol. The first kappa shape index (κ1) is 19.9. The topological polar surface area (TPSA) is 83.4 Å². The van der Waals surface area contributed by atoms with Crippen LogP contribution < -0.4 is 5.32 Å². The van der Waals surface area contributed by atoms with Crippen LogP contribution in [0.1, 0.15) is 27.4 Å². The van der Waals surface area contributed by atoms with E-state index >= 15 is 0 Å². The van der Waals surface area contributed by atoms with Crippen molar-refractivity contribution in [1.82, 2.24) is 20.0 Å². The number of aromatic nitrogens is 3. The van der Waals surface area contributed by atoms with Gasteiger partial charge in [-0.05, 0) is 24.6 Å². The van der Waals surface area contributed by atoms with E-state index in [1.165, 1.54) is 25.5 Å². The summed E-state index contributed by atoms with van der Waals surface area (Å²) in [7, 11) is 1.92. The van der Waals surface area contributed by atoms with Gasteiger partial charge in [0.25, 0.3) is 5.91 Å². The molecule has 0 bridgehead atoms. The number of hydrogen-bond donors (Lipinski definition) is 1. The summed E-state index contributed by atoms with van der Waals surface area (Å²) < 4.78 is 13.6. The fourth-order valence-electron chi connectivity index (χ4n) is 3.18. The van der Waals surface area contributed by atoms with E-state index in [-0.39, 0.29) is 22.9 Å². The van der Waals surface area contributed by atoms with Gasteiger partial charge in [-0.3, -0.25) is 19.8 Å². The van der Waals surface area contributed by atoms with Crippen molar-refractivity contribution in [2.75, 3.05) is 18.9 Å². The van der Waals surface area contributed by atoms with Crippen LogP contribution in [-0.4, -0.2) is 45.7 Å². The summed E-state index contributed by atoms with van der Waals surface area (Å²) in [6.45, 7) is 2.31. The normalized spacial score (nSPS) is 15.5. The zero-order valence-corrected chi connectivity index (χ0v) is 17.1. The second-order valence-corrected chi connectivity index (χ2v) is 7.39. The van der Waals surface area contributed by atoms with Gasteiger partial charge in [-0.25, -0.2) is 9.37 Å². The second kappa shape index (κ2) is 8.16. The summed E-state index contributed by atoms with van der Waals surface area (Å²) in [5.41, 5.74) is 2.76. The third-order valence-corrected chi connectivity index (χ3v) is 5.22. The molecule has 0 spiro atoms. The highest BCUT2D eigenvalue weighted by atomic mass is 35.5. The van der Waals surface area contributed by atoms with Gasteiger partial charge in [0.2, 0.25) is 0 Å². The van der Waals surface area contributed by atoms with Crippen LogP contribution in [0.15, 0.2) is 48.1 Å². The van der Waals surface area contributed by atoms with Crippen LogP contribution in [0.2, 0.25) is 5.02 Å². The number of nitrogens with zero attached hydrogens (tertiary/aromatic N) is 5. The summed E-state index contributed by atoms with van der Waals surface area (Å²) >= 11 is 6.38. The van der Waals surface area contributed by atoms with Crippen LogP contribution in [0, 0.1) is 12.7 Å². The van der Waals surface area contributed by atoms with E-state index in [9.17, 15) is 9.18 Å². The van der Waals surface area contributed by atoms with Crippen LogP contribution in [0.5, 0.6) is 0 Å². The minimum absolute atomic E-state index is 0.139. The predicted molar refractivity (Wildman–Crippen MR) is 113 cm³/mol. The van der Waals surface area contributed by atoms with Crippen molar-refractivity contribution in [2.24, 2.45) is 5.10 Å². The molecule has 1 aliphatic rings. The highest BCUT2D eigenvalue weighted by Gasteiger charge is 2.19. The number of amides is 1. The standard InChI is InChI=1S/C21H18ClFN6O/c1-12-16(7-24-8-18(12)23)21(30)28-20-10-25-19(9-26-20)15-5-13(3-4-17(15)22)14-6-27-29(2)11-14/h3-10,14H,11H2,1-2H3,(H,26,28,30). The molecule has 1 aromatic carbocycles. The first-order valence-electron chi connectivity index (χ1n) is 9.21. The van der Waals surface area contributed by atoms with E-state index in [1.54, 1.807) is 0 Å². The average molecular weight is 425 g/mol. The van der Waals surface area contributed by atoms with Gasteiger partial charge in [0.15, 0.2) is 5.82 Å². The van der Waals surface area contributed by atoms with Gasteiger partial charge >= 0.3 is 0 Å².